The Bertz CT molecular complexity index is 635. The van der Waals surface area contributed by atoms with Gasteiger partial charge >= 0.3 is 0 Å². The second kappa shape index (κ2) is 5.56. The molecule has 100 valence electrons. The maximum atomic E-state index is 11.7. The van der Waals surface area contributed by atoms with Gasteiger partial charge in [0.15, 0.2) is 0 Å². The van der Waals surface area contributed by atoms with Crippen LogP contribution in [0.3, 0.4) is 0 Å². The smallest absolute Gasteiger partial charge is 0.255 e. The Morgan fingerprint density at radius 2 is 2.16 bits per heavy atom. The molecule has 0 aliphatic carbocycles. The molecule has 3 N–H and O–H groups in total. The Morgan fingerprint density at radius 1 is 1.37 bits per heavy atom. The highest BCUT2D eigenvalue weighted by molar-refractivity contribution is 5.28. The van der Waals surface area contributed by atoms with E-state index in [2.05, 4.69) is 9.97 Å². The molecular weight excluding hydrogens is 242 g/mol. The molecule has 0 atom stereocenters. The number of nitrogens with zero attached hydrogens (tertiary/aromatic N) is 1. The molecule has 0 unspecified atom stereocenters. The van der Waals surface area contributed by atoms with E-state index in [1.807, 2.05) is 31.2 Å². The number of aromatic amines is 1. The topological polar surface area (TPSA) is 81.0 Å². The molecule has 19 heavy (non-hydrogen) atoms. The van der Waals surface area contributed by atoms with Crippen molar-refractivity contribution >= 4 is 5.95 Å². The Balaban J connectivity index is 2.02. The average molecular weight is 259 g/mol. The Kier molecular flexibility index (Phi) is 3.85. The van der Waals surface area contributed by atoms with Crippen LogP contribution in [-0.2, 0) is 6.42 Å². The molecule has 1 heterocycles. The molecule has 1 aromatic carbocycles. The summed E-state index contributed by atoms with van der Waals surface area (Å²) in [5, 5.41) is 0. The monoisotopic (exact) mass is 259 g/mol. The van der Waals surface area contributed by atoms with Crippen LogP contribution in [0.5, 0.6) is 5.75 Å². The number of benzene rings is 1. The summed E-state index contributed by atoms with van der Waals surface area (Å²) in [5.74, 6) is 0.948. The van der Waals surface area contributed by atoms with Crippen LogP contribution in [-0.4, -0.2) is 16.6 Å². The predicted octanol–water partition coefficient (Wildman–Crippen LogP) is 1.59. The second-order valence-corrected chi connectivity index (χ2v) is 4.43. The van der Waals surface area contributed by atoms with E-state index in [0.717, 1.165) is 11.3 Å². The third-order valence-electron chi connectivity index (χ3n) is 2.85. The first-order chi connectivity index (χ1) is 9.06. The Labute approximate surface area is 111 Å². The van der Waals surface area contributed by atoms with Gasteiger partial charge in [-0.2, -0.15) is 0 Å². The summed E-state index contributed by atoms with van der Waals surface area (Å²) < 4.78 is 5.62. The molecule has 0 saturated carbocycles. The van der Waals surface area contributed by atoms with Crippen LogP contribution in [0.25, 0.3) is 0 Å². The fourth-order valence-electron chi connectivity index (χ4n) is 1.90. The van der Waals surface area contributed by atoms with Crippen LogP contribution in [0.4, 0.5) is 5.95 Å². The average Bonchev–Trinajstić information content (AvgIpc) is 2.32. The number of aromatic nitrogens is 2. The lowest BCUT2D eigenvalue weighted by Gasteiger charge is -2.08. The maximum absolute atomic E-state index is 11.7. The van der Waals surface area contributed by atoms with E-state index < -0.39 is 0 Å². The van der Waals surface area contributed by atoms with Gasteiger partial charge in [0.1, 0.15) is 5.75 Å². The number of rotatable bonds is 4. The lowest BCUT2D eigenvalue weighted by molar-refractivity contribution is 0.321. The highest BCUT2D eigenvalue weighted by Gasteiger charge is 2.07. The fraction of sp³-hybridized carbons (Fsp3) is 0.286. The van der Waals surface area contributed by atoms with Gasteiger partial charge in [-0.05, 0) is 31.5 Å². The summed E-state index contributed by atoms with van der Waals surface area (Å²) in [6.45, 7) is 4.21. The van der Waals surface area contributed by atoms with Crippen LogP contribution < -0.4 is 16.0 Å². The quantitative estimate of drug-likeness (QED) is 0.873. The molecule has 0 aliphatic rings. The van der Waals surface area contributed by atoms with Crippen molar-refractivity contribution in [1.29, 1.82) is 0 Å². The number of ether oxygens (including phenoxy) is 1. The van der Waals surface area contributed by atoms with Crippen molar-refractivity contribution in [3.63, 3.8) is 0 Å². The summed E-state index contributed by atoms with van der Waals surface area (Å²) in [4.78, 5) is 18.3. The number of aryl methyl sites for hydroxylation is 2. The number of H-pyrrole nitrogens is 1. The predicted molar refractivity (Wildman–Crippen MR) is 74.4 cm³/mol. The fourth-order valence-corrected chi connectivity index (χ4v) is 1.90. The third kappa shape index (κ3) is 3.34. The van der Waals surface area contributed by atoms with Crippen LogP contribution >= 0.6 is 0 Å². The van der Waals surface area contributed by atoms with E-state index >= 15 is 0 Å². The van der Waals surface area contributed by atoms with Gasteiger partial charge in [0.2, 0.25) is 5.95 Å². The number of nitrogen functional groups attached to an aromatic ring is 1. The first-order valence-corrected chi connectivity index (χ1v) is 6.11. The lowest BCUT2D eigenvalue weighted by atomic mass is 10.2. The summed E-state index contributed by atoms with van der Waals surface area (Å²) in [6, 6.07) is 7.79. The van der Waals surface area contributed by atoms with E-state index in [-0.39, 0.29) is 11.5 Å². The zero-order valence-electron chi connectivity index (χ0n) is 11.1. The highest BCUT2D eigenvalue weighted by atomic mass is 16.5. The van der Waals surface area contributed by atoms with Gasteiger partial charge in [-0.25, -0.2) is 4.98 Å². The van der Waals surface area contributed by atoms with Crippen molar-refractivity contribution in [3.05, 3.63) is 51.4 Å². The highest BCUT2D eigenvalue weighted by Crippen LogP contribution is 2.12. The molecular formula is C14H17N3O2. The van der Waals surface area contributed by atoms with Crippen LogP contribution in [0.1, 0.15) is 16.8 Å². The number of anilines is 1. The number of nitrogens with one attached hydrogen (secondary N) is 1. The third-order valence-corrected chi connectivity index (χ3v) is 2.85. The molecule has 2 rings (SSSR count). The zero-order chi connectivity index (χ0) is 13.8. The van der Waals surface area contributed by atoms with Gasteiger partial charge in [-0.15, -0.1) is 0 Å². The number of nitrogens with two attached hydrogens (primary N) is 1. The van der Waals surface area contributed by atoms with Gasteiger partial charge in [-0.3, -0.25) is 9.78 Å². The van der Waals surface area contributed by atoms with E-state index in [1.165, 1.54) is 0 Å². The van der Waals surface area contributed by atoms with E-state index in [1.54, 1.807) is 6.92 Å². The zero-order valence-corrected chi connectivity index (χ0v) is 11.1. The first-order valence-electron chi connectivity index (χ1n) is 6.11. The minimum Gasteiger partial charge on any atom is -0.493 e. The molecule has 0 saturated heterocycles. The van der Waals surface area contributed by atoms with Gasteiger partial charge in [0, 0.05) is 12.0 Å². The number of hydrogen-bond donors (Lipinski definition) is 2. The first kappa shape index (κ1) is 13.1. The van der Waals surface area contributed by atoms with Gasteiger partial charge < -0.3 is 10.5 Å². The lowest BCUT2D eigenvalue weighted by Crippen LogP contribution is -2.20. The van der Waals surface area contributed by atoms with Crippen molar-refractivity contribution < 1.29 is 4.74 Å². The maximum Gasteiger partial charge on any atom is 0.255 e. The van der Waals surface area contributed by atoms with Gasteiger partial charge in [-0.1, -0.05) is 12.1 Å². The molecule has 0 amide bonds. The van der Waals surface area contributed by atoms with E-state index in [4.69, 9.17) is 10.5 Å². The van der Waals surface area contributed by atoms with Crippen molar-refractivity contribution in [2.45, 2.75) is 20.3 Å². The van der Waals surface area contributed by atoms with Crippen molar-refractivity contribution in [1.82, 2.24) is 9.97 Å². The molecule has 5 nitrogen and oxygen atoms in total. The molecule has 0 radical (unpaired) electrons. The molecule has 0 spiro atoms. The molecule has 0 bridgehead atoms. The van der Waals surface area contributed by atoms with Crippen molar-refractivity contribution in [2.75, 3.05) is 12.3 Å². The van der Waals surface area contributed by atoms with Gasteiger partial charge in [0.05, 0.1) is 12.3 Å². The van der Waals surface area contributed by atoms with E-state index in [0.29, 0.717) is 24.3 Å². The largest absolute Gasteiger partial charge is 0.493 e. The molecule has 0 fully saturated rings. The van der Waals surface area contributed by atoms with Crippen LogP contribution in [0, 0.1) is 13.8 Å². The van der Waals surface area contributed by atoms with Crippen LogP contribution in [0.2, 0.25) is 0 Å². The Hall–Kier alpha value is -2.30. The molecule has 2 aromatic rings. The second-order valence-electron chi connectivity index (χ2n) is 4.43. The Morgan fingerprint density at radius 3 is 2.84 bits per heavy atom. The minimum absolute atomic E-state index is 0.144. The normalized spacial score (nSPS) is 10.4. The minimum atomic E-state index is -0.196. The van der Waals surface area contributed by atoms with Gasteiger partial charge in [0.25, 0.3) is 5.56 Å². The van der Waals surface area contributed by atoms with Crippen LogP contribution in [0.15, 0.2) is 29.1 Å². The molecule has 5 heteroatoms. The van der Waals surface area contributed by atoms with Crippen molar-refractivity contribution in [2.24, 2.45) is 0 Å². The summed E-state index contributed by atoms with van der Waals surface area (Å²) >= 11 is 0. The number of hydrogen-bond acceptors (Lipinski definition) is 4. The van der Waals surface area contributed by atoms with E-state index in [9.17, 15) is 4.79 Å². The SMILES string of the molecule is Cc1cccc(OCCc2c(C)nc(N)[nH]c2=O)c1. The summed E-state index contributed by atoms with van der Waals surface area (Å²) in [6.07, 6.45) is 0.502. The molecule has 1 aromatic heterocycles. The summed E-state index contributed by atoms with van der Waals surface area (Å²) in [7, 11) is 0. The van der Waals surface area contributed by atoms with Crippen molar-refractivity contribution in [3.8, 4) is 5.75 Å². The summed E-state index contributed by atoms with van der Waals surface area (Å²) in [5.41, 5.74) is 7.67. The molecule has 0 aliphatic heterocycles. The standard InChI is InChI=1S/C14H17N3O2/c1-9-4-3-5-11(8-9)19-7-6-12-10(2)16-14(15)17-13(12)18/h3-5,8H,6-7H2,1-2H3,(H3,15,16,17,18).